The Morgan fingerprint density at radius 3 is 2.60 bits per heavy atom. The van der Waals surface area contributed by atoms with Gasteiger partial charge in [-0.3, -0.25) is 4.79 Å². The number of hydrogen-bond acceptors (Lipinski definition) is 1. The van der Waals surface area contributed by atoms with Crippen LogP contribution in [0, 0.1) is 5.82 Å². The summed E-state index contributed by atoms with van der Waals surface area (Å²) in [5.74, 6) is 0.0610. The van der Waals surface area contributed by atoms with E-state index in [1.165, 1.54) is 6.07 Å². The number of rotatable bonds is 3. The Hall–Kier alpha value is -0.900. The minimum Gasteiger partial charge on any atom is -0.341 e. The topological polar surface area (TPSA) is 20.3 Å². The lowest BCUT2D eigenvalue weighted by molar-refractivity contribution is -0.128. The van der Waals surface area contributed by atoms with E-state index in [9.17, 15) is 9.18 Å². The highest BCUT2D eigenvalue weighted by Crippen LogP contribution is 2.43. The van der Waals surface area contributed by atoms with Gasteiger partial charge in [0.05, 0.1) is 0 Å². The van der Waals surface area contributed by atoms with Crippen LogP contribution in [0.1, 0.15) is 37.7 Å². The van der Waals surface area contributed by atoms with E-state index in [-0.39, 0.29) is 22.0 Å². The van der Waals surface area contributed by atoms with Gasteiger partial charge < -0.3 is 4.90 Å². The molecule has 1 unspecified atom stereocenters. The first-order chi connectivity index (χ1) is 9.61. The summed E-state index contributed by atoms with van der Waals surface area (Å²) in [4.78, 5) is 14.2. The van der Waals surface area contributed by atoms with Gasteiger partial charge in [-0.1, -0.05) is 47.0 Å². The van der Waals surface area contributed by atoms with Crippen LogP contribution in [0.2, 0.25) is 0 Å². The van der Waals surface area contributed by atoms with E-state index in [0.717, 1.165) is 37.8 Å². The molecule has 108 valence electrons. The molecule has 1 atom stereocenters. The van der Waals surface area contributed by atoms with Gasteiger partial charge in [-0.15, -0.1) is 0 Å². The van der Waals surface area contributed by atoms with Gasteiger partial charge in [0.15, 0.2) is 0 Å². The van der Waals surface area contributed by atoms with Crippen molar-refractivity contribution in [1.29, 1.82) is 0 Å². The molecule has 4 heteroatoms. The van der Waals surface area contributed by atoms with E-state index in [2.05, 4.69) is 15.9 Å². The summed E-state index contributed by atoms with van der Waals surface area (Å²) in [5, 5.41) is 0. The molecular weight excluding hydrogens is 321 g/mol. The number of carbonyl (C=O) groups is 1. The number of halogens is 2. The molecular formula is C16H19BrFNO. The van der Waals surface area contributed by atoms with Crippen molar-refractivity contribution in [2.75, 3.05) is 13.1 Å². The summed E-state index contributed by atoms with van der Waals surface area (Å²) in [6.07, 6.45) is 4.75. The molecule has 20 heavy (non-hydrogen) atoms. The Morgan fingerprint density at radius 1 is 1.30 bits per heavy atom. The van der Waals surface area contributed by atoms with Crippen LogP contribution in [0.25, 0.3) is 0 Å². The van der Waals surface area contributed by atoms with Crippen LogP contribution in [-0.4, -0.2) is 28.7 Å². The number of amides is 1. The molecule has 0 bridgehead atoms. The van der Waals surface area contributed by atoms with Crippen molar-refractivity contribution >= 4 is 21.8 Å². The summed E-state index contributed by atoms with van der Waals surface area (Å²) < 4.78 is 14.2. The lowest BCUT2D eigenvalue weighted by Gasteiger charge is -2.34. The molecule has 1 heterocycles. The fraction of sp³-hybridized carbons (Fsp3) is 0.562. The van der Waals surface area contributed by atoms with Crippen LogP contribution >= 0.6 is 15.9 Å². The highest BCUT2D eigenvalue weighted by Gasteiger charge is 2.41. The summed E-state index contributed by atoms with van der Waals surface area (Å²) in [6, 6.07) is 7.07. The van der Waals surface area contributed by atoms with E-state index in [1.54, 1.807) is 6.07 Å². The van der Waals surface area contributed by atoms with E-state index in [0.29, 0.717) is 13.0 Å². The van der Waals surface area contributed by atoms with Crippen LogP contribution in [0.4, 0.5) is 4.39 Å². The Bertz CT molecular complexity index is 513. The molecule has 1 saturated heterocycles. The monoisotopic (exact) mass is 339 g/mol. The average molecular weight is 340 g/mol. The molecule has 0 aromatic heterocycles. The van der Waals surface area contributed by atoms with Crippen molar-refractivity contribution in [3.8, 4) is 0 Å². The Morgan fingerprint density at radius 2 is 2.00 bits per heavy atom. The molecule has 0 spiro atoms. The van der Waals surface area contributed by atoms with Crippen LogP contribution in [-0.2, 0) is 10.2 Å². The highest BCUT2D eigenvalue weighted by molar-refractivity contribution is 9.09. The van der Waals surface area contributed by atoms with Crippen LogP contribution in [0.3, 0.4) is 0 Å². The van der Waals surface area contributed by atoms with Crippen LogP contribution < -0.4 is 0 Å². The zero-order chi connectivity index (χ0) is 14.2. The van der Waals surface area contributed by atoms with Crippen molar-refractivity contribution in [2.45, 2.75) is 42.3 Å². The first-order valence-corrected chi connectivity index (χ1v) is 8.19. The molecule has 2 fully saturated rings. The molecule has 1 saturated carbocycles. The molecule has 0 radical (unpaired) electrons. The second-order valence-electron chi connectivity index (χ2n) is 6.04. The van der Waals surface area contributed by atoms with Gasteiger partial charge in [0.25, 0.3) is 0 Å². The maximum absolute atomic E-state index is 14.2. The molecule has 1 aromatic carbocycles. The lowest BCUT2D eigenvalue weighted by atomic mass is 9.78. The van der Waals surface area contributed by atoms with Crippen LogP contribution in [0.5, 0.6) is 0 Å². The van der Waals surface area contributed by atoms with E-state index in [1.807, 2.05) is 17.0 Å². The van der Waals surface area contributed by atoms with Gasteiger partial charge in [-0.05, 0) is 24.5 Å². The van der Waals surface area contributed by atoms with Crippen molar-refractivity contribution in [1.82, 2.24) is 4.90 Å². The predicted octanol–water partition coefficient (Wildman–Crippen LogP) is 3.63. The molecule has 1 amide bonds. The molecule has 1 aliphatic carbocycles. The van der Waals surface area contributed by atoms with Crippen molar-refractivity contribution < 1.29 is 9.18 Å². The molecule has 2 nitrogen and oxygen atoms in total. The van der Waals surface area contributed by atoms with Crippen molar-refractivity contribution in [3.63, 3.8) is 0 Å². The number of alkyl halides is 1. The molecule has 2 aliphatic rings. The van der Waals surface area contributed by atoms with Gasteiger partial charge in [0.2, 0.25) is 5.91 Å². The highest BCUT2D eigenvalue weighted by atomic mass is 79.9. The smallest absolute Gasteiger partial charge is 0.223 e. The zero-order valence-electron chi connectivity index (χ0n) is 11.4. The number of carbonyl (C=O) groups excluding carboxylic acids is 1. The minimum absolute atomic E-state index is 0.128. The summed E-state index contributed by atoms with van der Waals surface area (Å²) >= 11 is 3.52. The van der Waals surface area contributed by atoms with Gasteiger partial charge in [-0.25, -0.2) is 4.39 Å². The second kappa shape index (κ2) is 5.47. The summed E-state index contributed by atoms with van der Waals surface area (Å²) in [7, 11) is 0. The van der Waals surface area contributed by atoms with Crippen molar-refractivity contribution in [3.05, 3.63) is 35.6 Å². The number of benzene rings is 1. The summed E-state index contributed by atoms with van der Waals surface area (Å²) in [5.41, 5.74) is 0.612. The van der Waals surface area contributed by atoms with Crippen LogP contribution in [0.15, 0.2) is 24.3 Å². The molecule has 3 rings (SSSR count). The molecule has 1 aromatic rings. The Labute approximate surface area is 127 Å². The quantitative estimate of drug-likeness (QED) is 0.770. The zero-order valence-corrected chi connectivity index (χ0v) is 13.0. The third kappa shape index (κ3) is 2.50. The third-order valence-corrected chi connectivity index (χ3v) is 5.28. The lowest BCUT2D eigenvalue weighted by Crippen LogP contribution is -2.40. The van der Waals surface area contributed by atoms with Gasteiger partial charge in [0, 0.05) is 29.8 Å². The van der Waals surface area contributed by atoms with Gasteiger partial charge in [0.1, 0.15) is 5.82 Å². The number of nitrogens with zero attached hydrogens (tertiary/aromatic N) is 1. The van der Waals surface area contributed by atoms with Gasteiger partial charge in [-0.2, -0.15) is 0 Å². The standard InChI is InChI=1S/C16H19BrFNO/c17-12-9-15(20)19(10-12)11-16(7-3-4-8-16)13-5-1-2-6-14(13)18/h1-2,5-6,12H,3-4,7-11H2. The largest absolute Gasteiger partial charge is 0.341 e. The predicted molar refractivity (Wildman–Crippen MR) is 80.5 cm³/mol. The maximum atomic E-state index is 14.2. The normalized spacial score (nSPS) is 25.4. The fourth-order valence-corrected chi connectivity index (χ4v) is 4.32. The Balaban J connectivity index is 1.89. The Kier molecular flexibility index (Phi) is 3.85. The SMILES string of the molecule is O=C1CC(Br)CN1CC1(c2ccccc2F)CCCC1. The molecule has 0 N–H and O–H groups in total. The fourth-order valence-electron chi connectivity index (χ4n) is 3.70. The van der Waals surface area contributed by atoms with E-state index < -0.39 is 0 Å². The molecule has 1 aliphatic heterocycles. The number of hydrogen-bond donors (Lipinski definition) is 0. The first kappa shape index (κ1) is 14.1. The van der Waals surface area contributed by atoms with E-state index >= 15 is 0 Å². The maximum Gasteiger partial charge on any atom is 0.223 e. The minimum atomic E-state index is -0.182. The second-order valence-corrected chi connectivity index (χ2v) is 7.34. The third-order valence-electron chi connectivity index (χ3n) is 4.67. The average Bonchev–Trinajstić information content (AvgIpc) is 2.99. The number of likely N-dealkylation sites (tertiary alicyclic amines) is 1. The first-order valence-electron chi connectivity index (χ1n) is 7.28. The van der Waals surface area contributed by atoms with Crippen molar-refractivity contribution in [2.24, 2.45) is 0 Å². The summed E-state index contributed by atoms with van der Waals surface area (Å²) in [6.45, 7) is 1.41. The van der Waals surface area contributed by atoms with Gasteiger partial charge >= 0.3 is 0 Å². The van der Waals surface area contributed by atoms with E-state index in [4.69, 9.17) is 0 Å².